The summed E-state index contributed by atoms with van der Waals surface area (Å²) in [5, 5.41) is 4.29. The van der Waals surface area contributed by atoms with E-state index in [1.165, 1.54) is 28.7 Å². The van der Waals surface area contributed by atoms with Crippen LogP contribution in [0, 0.1) is 6.92 Å². The highest BCUT2D eigenvalue weighted by Gasteiger charge is 2.13. The topological polar surface area (TPSA) is 69.0 Å². The highest BCUT2D eigenvalue weighted by molar-refractivity contribution is 7.99. The lowest BCUT2D eigenvalue weighted by molar-refractivity contribution is -0.113. The largest absolute Gasteiger partial charge is 0.497 e. The molecule has 0 bridgehead atoms. The first-order chi connectivity index (χ1) is 14.0. The van der Waals surface area contributed by atoms with Gasteiger partial charge in [0.1, 0.15) is 5.75 Å². The number of carbonyl (C=O) groups is 1. The fraction of sp³-hybridized carbons (Fsp3) is 0.190. The Balaban J connectivity index is 1.40. The maximum atomic E-state index is 12.4. The Bertz CT molecular complexity index is 1170. The summed E-state index contributed by atoms with van der Waals surface area (Å²) in [5.41, 5.74) is 4.10. The number of ether oxygens (including phenoxy) is 1. The number of nitrogens with one attached hydrogen (secondary N) is 1. The molecule has 0 aliphatic heterocycles. The van der Waals surface area contributed by atoms with Crippen LogP contribution in [0.25, 0.3) is 21.5 Å². The molecule has 2 aromatic heterocycles. The predicted molar refractivity (Wildman–Crippen MR) is 119 cm³/mol. The molecule has 8 heteroatoms. The smallest absolute Gasteiger partial charge is 0.236 e. The number of rotatable bonds is 6. The number of thioether (sulfide) groups is 1. The molecule has 1 N–H and O–H groups in total. The van der Waals surface area contributed by atoms with E-state index >= 15 is 0 Å². The van der Waals surface area contributed by atoms with Crippen molar-refractivity contribution < 1.29 is 9.53 Å². The number of thiazole rings is 1. The number of aromatic nitrogens is 3. The quantitative estimate of drug-likeness (QED) is 0.453. The molecule has 0 saturated heterocycles. The molecular weight excluding hydrogens is 404 g/mol. The molecule has 0 radical (unpaired) electrons. The molecule has 2 aromatic carbocycles. The minimum absolute atomic E-state index is 0.0974. The lowest BCUT2D eigenvalue weighted by Crippen LogP contribution is -2.14. The van der Waals surface area contributed by atoms with Crippen molar-refractivity contribution in [3.8, 4) is 17.0 Å². The van der Waals surface area contributed by atoms with E-state index in [4.69, 9.17) is 4.74 Å². The van der Waals surface area contributed by atoms with E-state index in [2.05, 4.69) is 21.4 Å². The maximum Gasteiger partial charge on any atom is 0.236 e. The van der Waals surface area contributed by atoms with Crippen LogP contribution in [0.15, 0.2) is 53.8 Å². The van der Waals surface area contributed by atoms with Crippen molar-refractivity contribution in [3.05, 3.63) is 54.2 Å². The van der Waals surface area contributed by atoms with E-state index in [1.54, 1.807) is 7.11 Å². The predicted octanol–water partition coefficient (Wildman–Crippen LogP) is 4.74. The van der Waals surface area contributed by atoms with Gasteiger partial charge < -0.3 is 14.6 Å². The minimum atomic E-state index is -0.0974. The molecule has 4 rings (SSSR count). The third-order valence-corrected chi connectivity index (χ3v) is 6.43. The van der Waals surface area contributed by atoms with Crippen LogP contribution in [0.3, 0.4) is 0 Å². The van der Waals surface area contributed by atoms with Crippen molar-refractivity contribution in [2.45, 2.75) is 12.1 Å². The van der Waals surface area contributed by atoms with Crippen LogP contribution < -0.4 is 10.1 Å². The second-order valence-electron chi connectivity index (χ2n) is 6.54. The number of nitrogens with zero attached hydrogens (tertiary/aromatic N) is 3. The molecule has 0 saturated carbocycles. The standard InChI is InChI=1S/C21H20N4O2S2/c1-13-4-9-16-18(10-13)29-20(23-16)24-19(26)12-28-21-22-11-17(25(21)2)14-5-7-15(27-3)8-6-14/h4-11H,12H2,1-3H3,(H,23,24,26). The Hall–Kier alpha value is -2.84. The first-order valence-corrected chi connectivity index (χ1v) is 10.8. The molecule has 0 aliphatic carbocycles. The zero-order chi connectivity index (χ0) is 20.4. The molecule has 29 heavy (non-hydrogen) atoms. The number of fused-ring (bicyclic) bond motifs is 1. The molecule has 148 valence electrons. The number of benzene rings is 2. The van der Waals surface area contributed by atoms with Gasteiger partial charge in [-0.1, -0.05) is 29.2 Å². The second-order valence-corrected chi connectivity index (χ2v) is 8.51. The normalized spacial score (nSPS) is 11.0. The average molecular weight is 425 g/mol. The lowest BCUT2D eigenvalue weighted by Gasteiger charge is -2.07. The van der Waals surface area contributed by atoms with E-state index in [9.17, 15) is 4.79 Å². The van der Waals surface area contributed by atoms with Gasteiger partial charge in [-0.3, -0.25) is 4.79 Å². The number of aryl methyl sites for hydroxylation is 1. The van der Waals surface area contributed by atoms with Gasteiger partial charge in [0, 0.05) is 12.6 Å². The Morgan fingerprint density at radius 1 is 1.24 bits per heavy atom. The average Bonchev–Trinajstić information content (AvgIpc) is 3.28. The zero-order valence-corrected chi connectivity index (χ0v) is 17.9. The number of carbonyl (C=O) groups excluding carboxylic acids is 1. The van der Waals surface area contributed by atoms with Crippen molar-refractivity contribution in [2.24, 2.45) is 7.05 Å². The van der Waals surface area contributed by atoms with Gasteiger partial charge in [-0.05, 0) is 48.9 Å². The van der Waals surface area contributed by atoms with Crippen LogP contribution in [0.1, 0.15) is 5.56 Å². The molecule has 0 spiro atoms. The highest BCUT2D eigenvalue weighted by atomic mass is 32.2. The van der Waals surface area contributed by atoms with Gasteiger partial charge in [0.2, 0.25) is 5.91 Å². The second kappa shape index (κ2) is 8.26. The third kappa shape index (κ3) is 4.28. The van der Waals surface area contributed by atoms with Crippen LogP contribution in [0.4, 0.5) is 5.13 Å². The molecule has 2 heterocycles. The number of imidazole rings is 1. The zero-order valence-electron chi connectivity index (χ0n) is 16.3. The number of hydrogen-bond donors (Lipinski definition) is 1. The summed E-state index contributed by atoms with van der Waals surface area (Å²) >= 11 is 2.88. The van der Waals surface area contributed by atoms with Crippen LogP contribution >= 0.6 is 23.1 Å². The lowest BCUT2D eigenvalue weighted by atomic mass is 10.1. The van der Waals surface area contributed by atoms with E-state index < -0.39 is 0 Å². The Morgan fingerprint density at radius 3 is 2.79 bits per heavy atom. The fourth-order valence-corrected chi connectivity index (χ4v) is 4.66. The molecular formula is C21H20N4O2S2. The van der Waals surface area contributed by atoms with Gasteiger partial charge >= 0.3 is 0 Å². The Labute approximate surface area is 176 Å². The first-order valence-electron chi connectivity index (χ1n) is 8.99. The Morgan fingerprint density at radius 2 is 2.03 bits per heavy atom. The van der Waals surface area contributed by atoms with Crippen LogP contribution in [-0.2, 0) is 11.8 Å². The summed E-state index contributed by atoms with van der Waals surface area (Å²) in [7, 11) is 3.59. The third-order valence-electron chi connectivity index (χ3n) is 4.45. The van der Waals surface area contributed by atoms with Crippen molar-refractivity contribution in [1.82, 2.24) is 14.5 Å². The molecule has 4 aromatic rings. The van der Waals surface area contributed by atoms with Crippen molar-refractivity contribution in [1.29, 1.82) is 0 Å². The van der Waals surface area contributed by atoms with E-state index in [1.807, 2.05) is 61.1 Å². The summed E-state index contributed by atoms with van der Waals surface area (Å²) in [6, 6.07) is 13.9. The van der Waals surface area contributed by atoms with Gasteiger partial charge in [0.05, 0.1) is 35.0 Å². The Kier molecular flexibility index (Phi) is 5.55. The molecule has 0 aliphatic rings. The first kappa shape index (κ1) is 19.5. The van der Waals surface area contributed by atoms with Gasteiger partial charge in [-0.15, -0.1) is 0 Å². The summed E-state index contributed by atoms with van der Waals surface area (Å²) < 4.78 is 8.26. The molecule has 0 unspecified atom stereocenters. The number of hydrogen-bond acceptors (Lipinski definition) is 6. The van der Waals surface area contributed by atoms with E-state index in [0.717, 1.165) is 32.4 Å². The van der Waals surface area contributed by atoms with Crippen molar-refractivity contribution >= 4 is 44.4 Å². The molecule has 0 fully saturated rings. The molecule has 0 atom stereocenters. The van der Waals surface area contributed by atoms with Gasteiger partial charge in [0.15, 0.2) is 10.3 Å². The summed E-state index contributed by atoms with van der Waals surface area (Å²) in [6.07, 6.45) is 1.82. The van der Waals surface area contributed by atoms with E-state index in [0.29, 0.717) is 5.13 Å². The van der Waals surface area contributed by atoms with Crippen molar-refractivity contribution in [2.75, 3.05) is 18.2 Å². The van der Waals surface area contributed by atoms with Crippen LogP contribution in [-0.4, -0.2) is 33.3 Å². The van der Waals surface area contributed by atoms with Gasteiger partial charge in [0.25, 0.3) is 0 Å². The number of methoxy groups -OCH3 is 1. The van der Waals surface area contributed by atoms with Gasteiger partial charge in [-0.2, -0.15) is 0 Å². The summed E-state index contributed by atoms with van der Waals surface area (Å²) in [6.45, 7) is 2.04. The van der Waals surface area contributed by atoms with Crippen molar-refractivity contribution in [3.63, 3.8) is 0 Å². The minimum Gasteiger partial charge on any atom is -0.497 e. The number of amides is 1. The van der Waals surface area contributed by atoms with Crippen LogP contribution in [0.2, 0.25) is 0 Å². The fourth-order valence-electron chi connectivity index (χ4n) is 2.93. The number of anilines is 1. The SMILES string of the molecule is COc1ccc(-c2cnc(SCC(=O)Nc3nc4ccc(C)cc4s3)n2C)cc1. The van der Waals surface area contributed by atoms with E-state index in [-0.39, 0.29) is 11.7 Å². The van der Waals surface area contributed by atoms with Gasteiger partial charge in [-0.25, -0.2) is 9.97 Å². The highest BCUT2D eigenvalue weighted by Crippen LogP contribution is 2.28. The maximum absolute atomic E-state index is 12.4. The summed E-state index contributed by atoms with van der Waals surface area (Å²) in [5.74, 6) is 0.981. The molecule has 6 nitrogen and oxygen atoms in total. The summed E-state index contributed by atoms with van der Waals surface area (Å²) in [4.78, 5) is 21.3. The van der Waals surface area contributed by atoms with Crippen LogP contribution in [0.5, 0.6) is 5.75 Å². The monoisotopic (exact) mass is 424 g/mol. The molecule has 1 amide bonds.